The highest BCUT2D eigenvalue weighted by molar-refractivity contribution is 14.0. The van der Waals surface area contributed by atoms with Gasteiger partial charge in [-0.25, -0.2) is 4.99 Å². The molecule has 2 amide bonds. The van der Waals surface area contributed by atoms with Crippen LogP contribution in [0.3, 0.4) is 0 Å². The zero-order valence-electron chi connectivity index (χ0n) is 19.0. The lowest BCUT2D eigenvalue weighted by Crippen LogP contribution is -2.38. The first-order valence-electron chi connectivity index (χ1n) is 10.8. The second-order valence-electron chi connectivity index (χ2n) is 7.11. The summed E-state index contributed by atoms with van der Waals surface area (Å²) in [5, 5.41) is 12.1. The smallest absolute Gasteiger partial charge is 0.251 e. The Balaban J connectivity index is 0.00000512. The third-order valence-corrected chi connectivity index (χ3v) is 4.61. The van der Waals surface area contributed by atoms with Crippen molar-refractivity contribution >= 4 is 41.8 Å². The minimum Gasteiger partial charge on any atom is -0.357 e. The molecule has 0 unspecified atom stereocenters. The predicted molar refractivity (Wildman–Crippen MR) is 141 cm³/mol. The molecule has 2 rings (SSSR count). The molecule has 0 aliphatic rings. The molecule has 0 spiro atoms. The van der Waals surface area contributed by atoms with E-state index in [1.807, 2.05) is 56.3 Å². The Labute approximate surface area is 207 Å². The second kappa shape index (κ2) is 15.2. The van der Waals surface area contributed by atoms with Crippen molar-refractivity contribution in [2.24, 2.45) is 4.99 Å². The van der Waals surface area contributed by atoms with Crippen molar-refractivity contribution in [3.8, 4) is 0 Å². The van der Waals surface area contributed by atoms with E-state index in [9.17, 15) is 9.59 Å². The molecule has 0 radical (unpaired) electrons. The van der Waals surface area contributed by atoms with Crippen LogP contribution in [-0.4, -0.2) is 44.5 Å². The Hall–Kier alpha value is -2.62. The van der Waals surface area contributed by atoms with Gasteiger partial charge in [0.05, 0.1) is 6.54 Å². The lowest BCUT2D eigenvalue weighted by atomic mass is 10.1. The molecule has 0 heterocycles. The highest BCUT2D eigenvalue weighted by Gasteiger charge is 2.06. The van der Waals surface area contributed by atoms with E-state index < -0.39 is 0 Å². The highest BCUT2D eigenvalue weighted by atomic mass is 127. The number of halogens is 1. The molecule has 0 fully saturated rings. The van der Waals surface area contributed by atoms with Gasteiger partial charge in [0.2, 0.25) is 0 Å². The molecule has 4 N–H and O–H groups in total. The first kappa shape index (κ1) is 27.4. The number of hydrogen-bond donors (Lipinski definition) is 4. The van der Waals surface area contributed by atoms with Gasteiger partial charge in [0.25, 0.3) is 11.8 Å². The second-order valence-corrected chi connectivity index (χ2v) is 7.11. The number of hydrogen-bond acceptors (Lipinski definition) is 3. The van der Waals surface area contributed by atoms with Crippen LogP contribution >= 0.6 is 24.0 Å². The van der Waals surface area contributed by atoms with Crippen molar-refractivity contribution in [1.82, 2.24) is 21.3 Å². The Kier molecular flexibility index (Phi) is 13.0. The quantitative estimate of drug-likeness (QED) is 0.208. The van der Waals surface area contributed by atoms with Crippen LogP contribution in [0.15, 0.2) is 53.5 Å². The molecular formula is C24H34IN5O2. The van der Waals surface area contributed by atoms with Crippen LogP contribution in [0.5, 0.6) is 0 Å². The van der Waals surface area contributed by atoms with Crippen molar-refractivity contribution in [2.45, 2.75) is 33.2 Å². The molecule has 7 nitrogen and oxygen atoms in total. The summed E-state index contributed by atoms with van der Waals surface area (Å²) >= 11 is 0. The first-order chi connectivity index (χ1) is 15.1. The van der Waals surface area contributed by atoms with Crippen molar-refractivity contribution in [2.75, 3.05) is 26.7 Å². The van der Waals surface area contributed by atoms with Gasteiger partial charge in [0.1, 0.15) is 0 Å². The molecule has 0 saturated heterocycles. The van der Waals surface area contributed by atoms with Crippen LogP contribution in [0.25, 0.3) is 0 Å². The van der Waals surface area contributed by atoms with Crippen molar-refractivity contribution in [3.63, 3.8) is 0 Å². The number of aliphatic imine (C=N–C) groups is 1. The van der Waals surface area contributed by atoms with Crippen molar-refractivity contribution < 1.29 is 9.59 Å². The van der Waals surface area contributed by atoms with Gasteiger partial charge in [-0.3, -0.25) is 9.59 Å². The standard InChI is InChI=1S/C24H33N5O2.HI/c1-4-13-27-23(31)21-11-7-9-19(16-21)17-29-24(26-5-2)28-14-12-18-8-6-10-20(15-18)22(30)25-3;/h6-11,15-16H,4-5,12-14,17H2,1-3H3,(H,25,30)(H,27,31)(H2,26,28,29);1H. The van der Waals surface area contributed by atoms with Gasteiger partial charge in [-0.1, -0.05) is 31.2 Å². The van der Waals surface area contributed by atoms with Gasteiger partial charge in [-0.15, -0.1) is 24.0 Å². The molecule has 8 heteroatoms. The summed E-state index contributed by atoms with van der Waals surface area (Å²) in [4.78, 5) is 28.6. The number of nitrogens with one attached hydrogen (secondary N) is 4. The van der Waals surface area contributed by atoms with E-state index in [4.69, 9.17) is 0 Å². The summed E-state index contributed by atoms with van der Waals surface area (Å²) < 4.78 is 0. The van der Waals surface area contributed by atoms with Gasteiger partial charge < -0.3 is 21.3 Å². The average Bonchev–Trinajstić information content (AvgIpc) is 2.80. The SMILES string of the molecule is CCCNC(=O)c1cccc(CN=C(NCC)NCCc2cccc(C(=O)NC)c2)c1.I. The molecule has 0 saturated carbocycles. The molecule has 32 heavy (non-hydrogen) atoms. The van der Waals surface area contributed by atoms with Crippen LogP contribution < -0.4 is 21.3 Å². The molecule has 0 aliphatic carbocycles. The number of rotatable bonds is 10. The zero-order valence-corrected chi connectivity index (χ0v) is 21.4. The molecular weight excluding hydrogens is 517 g/mol. The van der Waals surface area contributed by atoms with Crippen LogP contribution in [0, 0.1) is 0 Å². The summed E-state index contributed by atoms with van der Waals surface area (Å²) in [5.41, 5.74) is 3.36. The minimum absolute atomic E-state index is 0. The van der Waals surface area contributed by atoms with Crippen LogP contribution in [0.2, 0.25) is 0 Å². The maximum absolute atomic E-state index is 12.2. The number of carbonyl (C=O) groups excluding carboxylic acids is 2. The average molecular weight is 551 g/mol. The summed E-state index contributed by atoms with van der Waals surface area (Å²) in [5.74, 6) is 0.567. The molecule has 174 valence electrons. The lowest BCUT2D eigenvalue weighted by Gasteiger charge is -2.12. The topological polar surface area (TPSA) is 94.6 Å². The van der Waals surface area contributed by atoms with Gasteiger partial charge in [0.15, 0.2) is 5.96 Å². The third-order valence-electron chi connectivity index (χ3n) is 4.61. The fourth-order valence-electron chi connectivity index (χ4n) is 3.00. The number of benzene rings is 2. The maximum Gasteiger partial charge on any atom is 0.251 e. The Morgan fingerprint density at radius 1 is 0.844 bits per heavy atom. The first-order valence-corrected chi connectivity index (χ1v) is 10.8. The monoisotopic (exact) mass is 551 g/mol. The van der Waals surface area contributed by atoms with Gasteiger partial charge in [-0.05, 0) is 55.2 Å². The van der Waals surface area contributed by atoms with Crippen LogP contribution in [0.1, 0.15) is 52.1 Å². The van der Waals surface area contributed by atoms with E-state index in [2.05, 4.69) is 26.3 Å². The van der Waals surface area contributed by atoms with Crippen molar-refractivity contribution in [1.29, 1.82) is 0 Å². The lowest BCUT2D eigenvalue weighted by molar-refractivity contribution is 0.0949. The summed E-state index contributed by atoms with van der Waals surface area (Å²) in [6.07, 6.45) is 1.67. The van der Waals surface area contributed by atoms with Crippen molar-refractivity contribution in [3.05, 3.63) is 70.8 Å². The Morgan fingerprint density at radius 2 is 1.50 bits per heavy atom. The normalized spacial score (nSPS) is 10.7. The number of guanidine groups is 1. The van der Waals surface area contributed by atoms with E-state index in [0.717, 1.165) is 30.5 Å². The van der Waals surface area contributed by atoms with Crippen LogP contribution in [0.4, 0.5) is 0 Å². The largest absolute Gasteiger partial charge is 0.357 e. The van der Waals surface area contributed by atoms with Gasteiger partial charge in [-0.2, -0.15) is 0 Å². The predicted octanol–water partition coefficient (Wildman–Crippen LogP) is 3.10. The van der Waals surface area contributed by atoms with E-state index >= 15 is 0 Å². The Morgan fingerprint density at radius 3 is 2.16 bits per heavy atom. The molecule has 0 aliphatic heterocycles. The van der Waals surface area contributed by atoms with E-state index in [0.29, 0.717) is 36.7 Å². The summed E-state index contributed by atoms with van der Waals surface area (Å²) in [7, 11) is 1.63. The fraction of sp³-hybridized carbons (Fsp3) is 0.375. The molecule has 0 atom stereocenters. The number of nitrogens with zero attached hydrogens (tertiary/aromatic N) is 1. The molecule has 2 aromatic carbocycles. The molecule has 2 aromatic rings. The van der Waals surface area contributed by atoms with Crippen LogP contribution in [-0.2, 0) is 13.0 Å². The van der Waals surface area contributed by atoms with Gasteiger partial charge in [0, 0.05) is 37.8 Å². The molecule has 0 bridgehead atoms. The minimum atomic E-state index is -0.0877. The zero-order chi connectivity index (χ0) is 22.5. The van der Waals surface area contributed by atoms with E-state index in [1.54, 1.807) is 13.1 Å². The number of carbonyl (C=O) groups is 2. The third kappa shape index (κ3) is 9.25. The van der Waals surface area contributed by atoms with E-state index in [1.165, 1.54) is 0 Å². The molecule has 0 aromatic heterocycles. The summed E-state index contributed by atoms with van der Waals surface area (Å²) in [6.45, 7) is 6.61. The van der Waals surface area contributed by atoms with Gasteiger partial charge >= 0.3 is 0 Å². The maximum atomic E-state index is 12.2. The number of amides is 2. The summed E-state index contributed by atoms with van der Waals surface area (Å²) in [6, 6.07) is 15.1. The van der Waals surface area contributed by atoms with E-state index in [-0.39, 0.29) is 35.8 Å². The Bertz CT molecular complexity index is 901. The fourth-order valence-corrected chi connectivity index (χ4v) is 3.00. The highest BCUT2D eigenvalue weighted by Crippen LogP contribution is 2.08.